The molecule has 3 nitrogen and oxygen atoms in total. The molecule has 0 aliphatic heterocycles. The van der Waals surface area contributed by atoms with Crippen molar-refractivity contribution in [2.75, 3.05) is 11.9 Å². The lowest BCUT2D eigenvalue weighted by atomic mass is 10.1. The molecule has 0 unspecified atom stereocenters. The number of anilines is 1. The van der Waals surface area contributed by atoms with Crippen LogP contribution in [-0.4, -0.2) is 11.5 Å². The molecule has 0 atom stereocenters. The van der Waals surface area contributed by atoms with E-state index in [2.05, 4.69) is 16.4 Å². The summed E-state index contributed by atoms with van der Waals surface area (Å²) in [4.78, 5) is 3.23. The molecule has 21 heavy (non-hydrogen) atoms. The van der Waals surface area contributed by atoms with Crippen molar-refractivity contribution in [2.24, 2.45) is 0 Å². The van der Waals surface area contributed by atoms with Crippen molar-refractivity contribution >= 4 is 16.6 Å². The van der Waals surface area contributed by atoms with Gasteiger partial charge in [-0.3, -0.25) is 0 Å². The Morgan fingerprint density at radius 2 is 2.05 bits per heavy atom. The number of para-hydroxylation sites is 1. The second kappa shape index (κ2) is 5.68. The Bertz CT molecular complexity index is 814. The third-order valence-corrected chi connectivity index (χ3v) is 3.48. The second-order valence-corrected chi connectivity index (χ2v) is 4.84. The summed E-state index contributed by atoms with van der Waals surface area (Å²) in [5.41, 5.74) is 3.06. The van der Waals surface area contributed by atoms with E-state index in [0.717, 1.165) is 11.9 Å². The number of fused-ring (bicyclic) bond motifs is 1. The largest absolute Gasteiger partial charge is 0.382 e. The number of nitrogens with zero attached hydrogens (tertiary/aromatic N) is 1. The van der Waals surface area contributed by atoms with Crippen molar-refractivity contribution in [2.45, 2.75) is 6.42 Å². The van der Waals surface area contributed by atoms with Crippen molar-refractivity contribution in [1.82, 2.24) is 4.98 Å². The van der Waals surface area contributed by atoms with Gasteiger partial charge in [0.2, 0.25) is 0 Å². The number of nitriles is 1. The van der Waals surface area contributed by atoms with Gasteiger partial charge in [-0.25, -0.2) is 4.39 Å². The van der Waals surface area contributed by atoms with Crippen LogP contribution in [0.5, 0.6) is 0 Å². The Kier molecular flexibility index (Phi) is 3.57. The minimum atomic E-state index is -0.395. The number of rotatable bonds is 4. The van der Waals surface area contributed by atoms with E-state index >= 15 is 0 Å². The van der Waals surface area contributed by atoms with Gasteiger partial charge in [-0.15, -0.1) is 0 Å². The molecule has 0 amide bonds. The van der Waals surface area contributed by atoms with Crippen LogP contribution in [0, 0.1) is 17.1 Å². The lowest BCUT2D eigenvalue weighted by molar-refractivity contribution is 0.629. The van der Waals surface area contributed by atoms with Crippen molar-refractivity contribution in [1.29, 1.82) is 5.26 Å². The lowest BCUT2D eigenvalue weighted by Crippen LogP contribution is -2.06. The Morgan fingerprint density at radius 3 is 2.86 bits per heavy atom. The number of hydrogen-bond acceptors (Lipinski definition) is 2. The standard InChI is InChI=1S/C17H14FN3/c18-15-9-12(10-19)5-6-17(15)20-8-7-13-11-21-16-4-2-1-3-14(13)16/h1-6,9,11,20-21H,7-8H2. The predicted octanol–water partition coefficient (Wildman–Crippen LogP) is 3.83. The van der Waals surface area contributed by atoms with Gasteiger partial charge in [-0.2, -0.15) is 5.26 Å². The van der Waals surface area contributed by atoms with E-state index in [1.165, 1.54) is 17.0 Å². The van der Waals surface area contributed by atoms with Crippen LogP contribution < -0.4 is 5.32 Å². The molecule has 1 aromatic heterocycles. The van der Waals surface area contributed by atoms with Crippen molar-refractivity contribution < 1.29 is 4.39 Å². The zero-order chi connectivity index (χ0) is 14.7. The Hall–Kier alpha value is -2.80. The minimum absolute atomic E-state index is 0.328. The SMILES string of the molecule is N#Cc1ccc(NCCc2c[nH]c3ccccc23)c(F)c1. The van der Waals surface area contributed by atoms with Gasteiger partial charge in [0.25, 0.3) is 0 Å². The molecular weight excluding hydrogens is 265 g/mol. The maximum atomic E-state index is 13.7. The summed E-state index contributed by atoms with van der Waals surface area (Å²) < 4.78 is 13.7. The van der Waals surface area contributed by atoms with Gasteiger partial charge in [-0.1, -0.05) is 18.2 Å². The summed E-state index contributed by atoms with van der Waals surface area (Å²) >= 11 is 0. The van der Waals surface area contributed by atoms with Crippen LogP contribution in [0.15, 0.2) is 48.7 Å². The summed E-state index contributed by atoms with van der Waals surface area (Å²) in [6.07, 6.45) is 2.78. The smallest absolute Gasteiger partial charge is 0.147 e. The monoisotopic (exact) mass is 279 g/mol. The summed E-state index contributed by atoms with van der Waals surface area (Å²) in [5, 5.41) is 13.0. The number of aromatic amines is 1. The summed E-state index contributed by atoms with van der Waals surface area (Å²) in [6, 6.07) is 14.5. The molecule has 0 radical (unpaired) electrons. The highest BCUT2D eigenvalue weighted by atomic mass is 19.1. The zero-order valence-corrected chi connectivity index (χ0v) is 11.4. The molecule has 0 bridgehead atoms. The second-order valence-electron chi connectivity index (χ2n) is 4.84. The molecule has 0 saturated heterocycles. The fraction of sp³-hybridized carbons (Fsp3) is 0.118. The Labute approximate surface area is 122 Å². The normalized spacial score (nSPS) is 10.5. The average molecular weight is 279 g/mol. The number of nitrogens with one attached hydrogen (secondary N) is 2. The van der Waals surface area contributed by atoms with Crippen LogP contribution in [0.2, 0.25) is 0 Å². The number of halogens is 1. The van der Waals surface area contributed by atoms with E-state index in [4.69, 9.17) is 5.26 Å². The lowest BCUT2D eigenvalue weighted by Gasteiger charge is -2.07. The molecule has 4 heteroatoms. The van der Waals surface area contributed by atoms with Gasteiger partial charge >= 0.3 is 0 Å². The molecule has 0 fully saturated rings. The van der Waals surface area contributed by atoms with Crippen LogP contribution in [0.4, 0.5) is 10.1 Å². The molecule has 3 rings (SSSR count). The van der Waals surface area contributed by atoms with Gasteiger partial charge in [0.05, 0.1) is 17.3 Å². The number of aromatic nitrogens is 1. The molecule has 3 aromatic rings. The zero-order valence-electron chi connectivity index (χ0n) is 11.4. The molecule has 2 N–H and O–H groups in total. The minimum Gasteiger partial charge on any atom is -0.382 e. The first-order chi connectivity index (χ1) is 10.3. The third kappa shape index (κ3) is 2.72. The first kappa shape index (κ1) is 13.2. The van der Waals surface area contributed by atoms with E-state index in [9.17, 15) is 4.39 Å². The number of benzene rings is 2. The number of H-pyrrole nitrogens is 1. The quantitative estimate of drug-likeness (QED) is 0.762. The average Bonchev–Trinajstić information content (AvgIpc) is 2.92. The van der Waals surface area contributed by atoms with Crippen LogP contribution >= 0.6 is 0 Å². The van der Waals surface area contributed by atoms with E-state index in [1.807, 2.05) is 30.5 Å². The van der Waals surface area contributed by atoms with Gasteiger partial charge in [0, 0.05) is 23.6 Å². The van der Waals surface area contributed by atoms with Gasteiger partial charge in [0.1, 0.15) is 5.82 Å². The van der Waals surface area contributed by atoms with Crippen LogP contribution in [0.1, 0.15) is 11.1 Å². The third-order valence-electron chi connectivity index (χ3n) is 3.48. The first-order valence-corrected chi connectivity index (χ1v) is 6.76. The van der Waals surface area contributed by atoms with E-state index in [1.54, 1.807) is 12.1 Å². The maximum Gasteiger partial charge on any atom is 0.147 e. The topological polar surface area (TPSA) is 51.6 Å². The fourth-order valence-corrected chi connectivity index (χ4v) is 2.40. The number of hydrogen-bond donors (Lipinski definition) is 2. The Morgan fingerprint density at radius 1 is 1.19 bits per heavy atom. The van der Waals surface area contributed by atoms with Crippen molar-refractivity contribution in [3.63, 3.8) is 0 Å². The summed E-state index contributed by atoms with van der Waals surface area (Å²) in [6.45, 7) is 0.630. The van der Waals surface area contributed by atoms with Crippen LogP contribution in [-0.2, 0) is 6.42 Å². The van der Waals surface area contributed by atoms with E-state index < -0.39 is 5.82 Å². The Balaban J connectivity index is 1.68. The van der Waals surface area contributed by atoms with Crippen molar-refractivity contribution in [3.8, 4) is 6.07 Å². The molecule has 104 valence electrons. The predicted molar refractivity (Wildman–Crippen MR) is 81.6 cm³/mol. The van der Waals surface area contributed by atoms with Gasteiger partial charge < -0.3 is 10.3 Å². The first-order valence-electron chi connectivity index (χ1n) is 6.76. The molecule has 0 aliphatic rings. The molecule has 0 aliphatic carbocycles. The highest BCUT2D eigenvalue weighted by Gasteiger charge is 2.05. The highest BCUT2D eigenvalue weighted by Crippen LogP contribution is 2.19. The van der Waals surface area contributed by atoms with Gasteiger partial charge in [0.15, 0.2) is 0 Å². The van der Waals surface area contributed by atoms with Gasteiger partial charge in [-0.05, 0) is 36.2 Å². The maximum absolute atomic E-state index is 13.7. The van der Waals surface area contributed by atoms with E-state index in [0.29, 0.717) is 17.8 Å². The van der Waals surface area contributed by atoms with Crippen molar-refractivity contribution in [3.05, 3.63) is 65.6 Å². The fourth-order valence-electron chi connectivity index (χ4n) is 2.40. The molecule has 2 aromatic carbocycles. The summed E-state index contributed by atoms with van der Waals surface area (Å²) in [7, 11) is 0. The highest BCUT2D eigenvalue weighted by molar-refractivity contribution is 5.83. The molecule has 0 saturated carbocycles. The van der Waals surface area contributed by atoms with Crippen LogP contribution in [0.3, 0.4) is 0 Å². The molecule has 0 spiro atoms. The van der Waals surface area contributed by atoms with E-state index in [-0.39, 0.29) is 0 Å². The summed E-state index contributed by atoms with van der Waals surface area (Å²) in [5.74, 6) is -0.395. The van der Waals surface area contributed by atoms with Crippen LogP contribution in [0.25, 0.3) is 10.9 Å². The molecule has 1 heterocycles. The molecular formula is C17H14FN3.